The van der Waals surface area contributed by atoms with Crippen molar-refractivity contribution in [3.8, 4) is 17.2 Å². The van der Waals surface area contributed by atoms with Crippen LogP contribution in [0.4, 0.5) is 0 Å². The largest absolute Gasteiger partial charge is 0.400 e. The molecule has 14 heteroatoms. The second kappa shape index (κ2) is 9.20. The Morgan fingerprint density at radius 3 is 0.906 bits per heavy atom. The molecule has 0 bridgehead atoms. The first-order chi connectivity index (χ1) is 15.0. The summed E-state index contributed by atoms with van der Waals surface area (Å²) in [7, 11) is -16.6. The van der Waals surface area contributed by atoms with E-state index in [-0.39, 0.29) is 17.2 Å². The lowest BCUT2D eigenvalue weighted by atomic mass is 10.3. The molecule has 0 radical (unpaired) electrons. The normalized spacial score (nSPS) is 12.6. The number of para-hydroxylation sites is 3. The molecule has 0 heterocycles. The predicted molar refractivity (Wildman–Crippen MR) is 122 cm³/mol. The van der Waals surface area contributed by atoms with Crippen molar-refractivity contribution in [1.29, 1.82) is 0 Å². The van der Waals surface area contributed by atoms with Crippen molar-refractivity contribution >= 4 is 44.7 Å². The fraction of sp³-hybridized carbons (Fsp3) is 0. The molecule has 0 amide bonds. The van der Waals surface area contributed by atoms with Crippen LogP contribution in [-0.4, -0.2) is 25.3 Å². The maximum absolute atomic E-state index is 13.1. The van der Waals surface area contributed by atoms with Crippen LogP contribution >= 0.6 is 3.64 Å². The Kier molecular flexibility index (Phi) is 6.96. The summed E-state index contributed by atoms with van der Waals surface area (Å²) in [5.74, 6) is -1.02. The topological polar surface area (TPSA) is 130 Å². The molecular formula is C18H15O9PS4. The third kappa shape index (κ3) is 4.81. The van der Waals surface area contributed by atoms with Gasteiger partial charge >= 0.3 is 32.9 Å². The van der Waals surface area contributed by atoms with Gasteiger partial charge in [0.05, 0.1) is 0 Å². The molecule has 3 rings (SSSR count). The maximum atomic E-state index is 13.1. The van der Waals surface area contributed by atoms with Crippen LogP contribution < -0.4 is 12.5 Å². The molecule has 0 unspecified atom stereocenters. The van der Waals surface area contributed by atoms with E-state index in [1.165, 1.54) is 72.8 Å². The molecule has 0 N–H and O–H groups in total. The van der Waals surface area contributed by atoms with Gasteiger partial charge in [-0.05, 0) is 48.2 Å². The van der Waals surface area contributed by atoms with Crippen molar-refractivity contribution in [1.82, 2.24) is 0 Å². The monoisotopic (exact) mass is 534 g/mol. The van der Waals surface area contributed by atoms with E-state index >= 15 is 0 Å². The van der Waals surface area contributed by atoms with Gasteiger partial charge in [-0.15, -0.1) is 0 Å². The average molecular weight is 535 g/mol. The Bertz CT molecular complexity index is 1260. The summed E-state index contributed by atoms with van der Waals surface area (Å²) in [4.78, 5) is 0. The lowest BCUT2D eigenvalue weighted by Crippen LogP contribution is -2.27. The van der Waals surface area contributed by atoms with Crippen molar-refractivity contribution in [3.05, 3.63) is 91.0 Å². The Hall–Kier alpha value is -2.44. The van der Waals surface area contributed by atoms with Crippen LogP contribution in [0.15, 0.2) is 91.0 Å². The van der Waals surface area contributed by atoms with Crippen LogP contribution in [0.3, 0.4) is 0 Å². The van der Waals surface area contributed by atoms with Gasteiger partial charge in [0.25, 0.3) is 0 Å². The van der Waals surface area contributed by atoms with Gasteiger partial charge in [-0.1, -0.05) is 54.6 Å². The molecule has 0 aliphatic carbocycles. The summed E-state index contributed by atoms with van der Waals surface area (Å²) in [6, 6.07) is 20.2. The molecule has 3 aromatic carbocycles. The Morgan fingerprint density at radius 2 is 0.688 bits per heavy atom. The SMILES string of the molecule is O=S(=O)(Oc1ccccc1)P(=S)(S(=O)(=O)Oc1ccccc1)S(=O)(=O)Oc1ccccc1. The zero-order valence-corrected chi connectivity index (χ0v) is 20.1. The minimum Gasteiger partial charge on any atom is -0.378 e. The van der Waals surface area contributed by atoms with E-state index in [9.17, 15) is 25.3 Å². The molecule has 0 atom stereocenters. The molecular weight excluding hydrogens is 519 g/mol. The molecule has 0 saturated heterocycles. The second-order valence-corrected chi connectivity index (χ2v) is 24.6. The van der Waals surface area contributed by atoms with Gasteiger partial charge in [0.15, 0.2) is 0 Å². The van der Waals surface area contributed by atoms with E-state index in [4.69, 9.17) is 24.4 Å². The standard InChI is InChI=1S/C18H15O9PS4/c19-30(20,25-16-10-4-1-5-11-16)28(29,31(21,22)26-17-12-6-2-7-13-17)32(23,24)27-18-14-8-3-9-15-18/h1-15H. The van der Waals surface area contributed by atoms with Crippen molar-refractivity contribution in [2.45, 2.75) is 0 Å². The smallest absolute Gasteiger partial charge is 0.378 e. The molecule has 0 saturated carbocycles. The summed E-state index contributed by atoms with van der Waals surface area (Å²) in [6.07, 6.45) is 0. The van der Waals surface area contributed by atoms with Gasteiger partial charge in [0.1, 0.15) is 17.2 Å². The summed E-state index contributed by atoms with van der Waals surface area (Å²) >= 11 is 4.88. The highest BCUT2D eigenvalue weighted by Gasteiger charge is 2.62. The van der Waals surface area contributed by atoms with E-state index in [0.717, 1.165) is 0 Å². The van der Waals surface area contributed by atoms with Crippen LogP contribution in [0, 0.1) is 0 Å². The minimum absolute atomic E-state index is 0.341. The highest BCUT2D eigenvalue weighted by Crippen LogP contribution is 2.65. The van der Waals surface area contributed by atoms with Crippen molar-refractivity contribution in [2.24, 2.45) is 0 Å². The first-order valence-corrected chi connectivity index (χ1v) is 17.4. The highest BCUT2D eigenvalue weighted by molar-refractivity contribution is 9.15. The first-order valence-electron chi connectivity index (χ1n) is 8.57. The van der Waals surface area contributed by atoms with Crippen molar-refractivity contribution < 1.29 is 37.8 Å². The maximum Gasteiger partial charge on any atom is 0.400 e. The number of benzene rings is 3. The number of hydrogen-bond donors (Lipinski definition) is 0. The fourth-order valence-electron chi connectivity index (χ4n) is 2.27. The van der Waals surface area contributed by atoms with Crippen LogP contribution in [-0.2, 0) is 41.0 Å². The van der Waals surface area contributed by atoms with Crippen LogP contribution in [0.1, 0.15) is 0 Å². The quantitative estimate of drug-likeness (QED) is 0.376. The Balaban J connectivity index is 2.17. The lowest BCUT2D eigenvalue weighted by molar-refractivity contribution is 0.495. The predicted octanol–water partition coefficient (Wildman–Crippen LogP) is 3.44. The fourth-order valence-corrected chi connectivity index (χ4v) is 16.4. The van der Waals surface area contributed by atoms with E-state index in [0.29, 0.717) is 0 Å². The van der Waals surface area contributed by atoms with Gasteiger partial charge in [-0.25, -0.2) is 0 Å². The molecule has 0 fully saturated rings. The highest BCUT2D eigenvalue weighted by atomic mass is 33.5. The minimum atomic E-state index is -5.74. The first kappa shape index (κ1) is 24.2. The van der Waals surface area contributed by atoms with E-state index in [1.807, 2.05) is 0 Å². The molecule has 0 aromatic heterocycles. The molecule has 32 heavy (non-hydrogen) atoms. The lowest BCUT2D eigenvalue weighted by Gasteiger charge is -2.21. The molecule has 9 nitrogen and oxygen atoms in total. The van der Waals surface area contributed by atoms with Crippen LogP contribution in [0.2, 0.25) is 0 Å². The van der Waals surface area contributed by atoms with Crippen LogP contribution in [0.25, 0.3) is 0 Å². The second-order valence-electron chi connectivity index (χ2n) is 5.92. The zero-order chi connectivity index (χ0) is 23.5. The molecule has 0 spiro atoms. The molecule has 3 aromatic rings. The van der Waals surface area contributed by atoms with Crippen molar-refractivity contribution in [2.75, 3.05) is 0 Å². The van der Waals surface area contributed by atoms with E-state index in [2.05, 4.69) is 0 Å². The Morgan fingerprint density at radius 1 is 0.469 bits per heavy atom. The van der Waals surface area contributed by atoms with Gasteiger partial charge in [-0.2, -0.15) is 25.3 Å². The number of rotatable bonds is 9. The molecule has 0 aliphatic heterocycles. The summed E-state index contributed by atoms with van der Waals surface area (Å²) in [5, 5.41) is 0. The summed E-state index contributed by atoms with van der Waals surface area (Å²) < 4.78 is 87.3. The van der Waals surface area contributed by atoms with E-state index < -0.39 is 32.9 Å². The molecule has 0 aliphatic rings. The summed E-state index contributed by atoms with van der Waals surface area (Å²) in [6.45, 7) is 0. The zero-order valence-electron chi connectivity index (χ0n) is 15.9. The van der Waals surface area contributed by atoms with E-state index in [1.54, 1.807) is 18.2 Å². The van der Waals surface area contributed by atoms with Gasteiger partial charge < -0.3 is 12.5 Å². The number of hydrogen-bond acceptors (Lipinski definition) is 10. The molecule has 170 valence electrons. The van der Waals surface area contributed by atoms with Gasteiger partial charge in [0.2, 0.25) is 0 Å². The van der Waals surface area contributed by atoms with Crippen LogP contribution in [0.5, 0.6) is 17.2 Å². The third-order valence-corrected chi connectivity index (χ3v) is 26.9. The summed E-state index contributed by atoms with van der Waals surface area (Å²) in [5.41, 5.74) is 0. The van der Waals surface area contributed by atoms with Gasteiger partial charge in [-0.3, -0.25) is 0 Å². The van der Waals surface area contributed by atoms with Gasteiger partial charge in [0, 0.05) is 0 Å². The third-order valence-electron chi connectivity index (χ3n) is 3.66. The van der Waals surface area contributed by atoms with Crippen molar-refractivity contribution in [3.63, 3.8) is 0 Å². The average Bonchev–Trinajstić information content (AvgIpc) is 2.74. The Labute approximate surface area is 190 Å².